The molecule has 0 radical (unpaired) electrons. The van der Waals surface area contributed by atoms with Gasteiger partial charge in [-0.2, -0.15) is 0 Å². The summed E-state index contributed by atoms with van der Waals surface area (Å²) < 4.78 is 5.20. The van der Waals surface area contributed by atoms with Crippen LogP contribution in [0.25, 0.3) is 0 Å². The Morgan fingerprint density at radius 2 is 2.23 bits per heavy atom. The molecule has 1 unspecified atom stereocenters. The van der Waals surface area contributed by atoms with E-state index in [0.29, 0.717) is 0 Å². The van der Waals surface area contributed by atoms with Crippen molar-refractivity contribution in [2.75, 3.05) is 6.61 Å². The van der Waals surface area contributed by atoms with Crippen molar-refractivity contribution >= 4 is 0 Å². The maximum atomic E-state index is 6.11. The van der Waals surface area contributed by atoms with Crippen LogP contribution in [0.5, 0.6) is 0 Å². The molecule has 0 bridgehead atoms. The zero-order valence-corrected chi connectivity index (χ0v) is 8.17. The first-order valence-corrected chi connectivity index (χ1v) is 5.42. The third-order valence-electron chi connectivity index (χ3n) is 3.28. The van der Waals surface area contributed by atoms with Crippen molar-refractivity contribution in [3.63, 3.8) is 0 Å². The standard InChI is InChI=1S/C11H19NO/c12-11(10-5-6-13-8-10)7-9-3-1-2-4-9/h8-9,11H,1-7,12H2. The van der Waals surface area contributed by atoms with Gasteiger partial charge in [-0.3, -0.25) is 0 Å². The number of ether oxygens (including phenoxy) is 1. The predicted molar refractivity (Wildman–Crippen MR) is 53.2 cm³/mol. The molecule has 2 rings (SSSR count). The van der Waals surface area contributed by atoms with Gasteiger partial charge in [0.15, 0.2) is 0 Å². The molecule has 13 heavy (non-hydrogen) atoms. The molecule has 1 saturated carbocycles. The predicted octanol–water partition coefficient (Wildman–Crippen LogP) is 2.20. The summed E-state index contributed by atoms with van der Waals surface area (Å²) in [6.45, 7) is 0.841. The van der Waals surface area contributed by atoms with Crippen LogP contribution >= 0.6 is 0 Å². The van der Waals surface area contributed by atoms with E-state index in [0.717, 1.165) is 18.9 Å². The fraction of sp³-hybridized carbons (Fsp3) is 0.818. The Balaban J connectivity index is 1.79. The van der Waals surface area contributed by atoms with Gasteiger partial charge in [0.1, 0.15) is 0 Å². The molecular formula is C11H19NO. The third-order valence-corrected chi connectivity index (χ3v) is 3.28. The first-order valence-electron chi connectivity index (χ1n) is 5.42. The van der Waals surface area contributed by atoms with E-state index in [2.05, 4.69) is 0 Å². The highest BCUT2D eigenvalue weighted by molar-refractivity contribution is 5.10. The quantitative estimate of drug-likeness (QED) is 0.724. The number of hydrogen-bond acceptors (Lipinski definition) is 2. The summed E-state index contributed by atoms with van der Waals surface area (Å²) in [5.41, 5.74) is 7.44. The highest BCUT2D eigenvalue weighted by atomic mass is 16.5. The lowest BCUT2D eigenvalue weighted by Gasteiger charge is -2.16. The van der Waals surface area contributed by atoms with Crippen molar-refractivity contribution in [1.82, 2.24) is 0 Å². The molecule has 2 N–H and O–H groups in total. The first kappa shape index (κ1) is 9.07. The Labute approximate surface area is 80.1 Å². The van der Waals surface area contributed by atoms with E-state index in [1.165, 1.54) is 37.7 Å². The molecule has 0 saturated heterocycles. The van der Waals surface area contributed by atoms with Gasteiger partial charge < -0.3 is 10.5 Å². The molecule has 0 aromatic rings. The monoisotopic (exact) mass is 181 g/mol. The summed E-state index contributed by atoms with van der Waals surface area (Å²) in [4.78, 5) is 0. The zero-order valence-electron chi connectivity index (χ0n) is 8.17. The van der Waals surface area contributed by atoms with Gasteiger partial charge in [-0.15, -0.1) is 0 Å². The van der Waals surface area contributed by atoms with E-state index >= 15 is 0 Å². The van der Waals surface area contributed by atoms with Crippen LogP contribution in [0, 0.1) is 5.92 Å². The second kappa shape index (κ2) is 4.14. The van der Waals surface area contributed by atoms with Crippen molar-refractivity contribution in [3.05, 3.63) is 11.8 Å². The van der Waals surface area contributed by atoms with Crippen LogP contribution in [0.15, 0.2) is 11.8 Å². The van der Waals surface area contributed by atoms with E-state index < -0.39 is 0 Å². The van der Waals surface area contributed by atoms with E-state index in [1.807, 2.05) is 6.26 Å². The summed E-state index contributed by atoms with van der Waals surface area (Å²) >= 11 is 0. The Bertz CT molecular complexity index is 194. The van der Waals surface area contributed by atoms with Crippen molar-refractivity contribution in [1.29, 1.82) is 0 Å². The maximum Gasteiger partial charge on any atom is 0.0912 e. The fourth-order valence-electron chi connectivity index (χ4n) is 2.43. The summed E-state index contributed by atoms with van der Waals surface area (Å²) in [6, 6.07) is 0.269. The Morgan fingerprint density at radius 3 is 2.85 bits per heavy atom. The molecule has 0 spiro atoms. The van der Waals surface area contributed by atoms with E-state index in [4.69, 9.17) is 10.5 Å². The molecule has 2 heteroatoms. The molecule has 0 amide bonds. The summed E-state index contributed by atoms with van der Waals surface area (Å²) in [5, 5.41) is 0. The van der Waals surface area contributed by atoms with Gasteiger partial charge in [0.2, 0.25) is 0 Å². The van der Waals surface area contributed by atoms with Crippen LogP contribution in [0.4, 0.5) is 0 Å². The molecule has 1 atom stereocenters. The second-order valence-electron chi connectivity index (χ2n) is 4.31. The van der Waals surface area contributed by atoms with Crippen LogP contribution in [-0.2, 0) is 4.74 Å². The Kier molecular flexibility index (Phi) is 2.89. The minimum atomic E-state index is 0.269. The number of rotatable bonds is 3. The van der Waals surface area contributed by atoms with Crippen LogP contribution < -0.4 is 5.73 Å². The Hall–Kier alpha value is -0.500. The zero-order chi connectivity index (χ0) is 9.10. The average molecular weight is 181 g/mol. The molecule has 0 aromatic heterocycles. The smallest absolute Gasteiger partial charge is 0.0912 e. The van der Waals surface area contributed by atoms with E-state index in [1.54, 1.807) is 0 Å². The largest absolute Gasteiger partial charge is 0.501 e. The summed E-state index contributed by atoms with van der Waals surface area (Å²) in [7, 11) is 0. The van der Waals surface area contributed by atoms with Gasteiger partial charge >= 0.3 is 0 Å². The van der Waals surface area contributed by atoms with Crippen LogP contribution in [0.2, 0.25) is 0 Å². The molecule has 1 aliphatic carbocycles. The fourth-order valence-corrected chi connectivity index (χ4v) is 2.43. The van der Waals surface area contributed by atoms with Gasteiger partial charge in [-0.1, -0.05) is 25.7 Å². The average Bonchev–Trinajstić information content (AvgIpc) is 2.74. The van der Waals surface area contributed by atoms with Gasteiger partial charge in [0.25, 0.3) is 0 Å². The summed E-state index contributed by atoms with van der Waals surface area (Å²) in [6.07, 6.45) is 9.70. The topological polar surface area (TPSA) is 35.2 Å². The minimum absolute atomic E-state index is 0.269. The summed E-state index contributed by atoms with van der Waals surface area (Å²) in [5.74, 6) is 0.886. The maximum absolute atomic E-state index is 6.11. The molecule has 1 heterocycles. The lowest BCUT2D eigenvalue weighted by molar-refractivity contribution is 0.281. The molecule has 1 aliphatic heterocycles. The highest BCUT2D eigenvalue weighted by Crippen LogP contribution is 2.30. The second-order valence-corrected chi connectivity index (χ2v) is 4.31. The van der Waals surface area contributed by atoms with Crippen molar-refractivity contribution < 1.29 is 4.74 Å². The SMILES string of the molecule is NC(CC1CCCC1)C1=COCC1. The highest BCUT2D eigenvalue weighted by Gasteiger charge is 2.21. The van der Waals surface area contributed by atoms with Gasteiger partial charge in [0, 0.05) is 12.5 Å². The van der Waals surface area contributed by atoms with E-state index in [9.17, 15) is 0 Å². The first-order chi connectivity index (χ1) is 6.36. The molecular weight excluding hydrogens is 162 g/mol. The minimum Gasteiger partial charge on any atom is -0.501 e. The van der Waals surface area contributed by atoms with Gasteiger partial charge in [-0.05, 0) is 17.9 Å². The molecule has 74 valence electrons. The molecule has 2 nitrogen and oxygen atoms in total. The molecule has 0 aromatic carbocycles. The van der Waals surface area contributed by atoms with Crippen molar-refractivity contribution in [3.8, 4) is 0 Å². The number of hydrogen-bond donors (Lipinski definition) is 1. The van der Waals surface area contributed by atoms with Crippen LogP contribution in [0.3, 0.4) is 0 Å². The van der Waals surface area contributed by atoms with Crippen LogP contribution in [-0.4, -0.2) is 12.6 Å². The molecule has 2 aliphatic rings. The van der Waals surface area contributed by atoms with E-state index in [-0.39, 0.29) is 6.04 Å². The number of nitrogens with two attached hydrogens (primary N) is 1. The lowest BCUT2D eigenvalue weighted by atomic mass is 9.94. The normalized spacial score (nSPS) is 25.8. The molecule has 1 fully saturated rings. The lowest BCUT2D eigenvalue weighted by Crippen LogP contribution is -2.24. The Morgan fingerprint density at radius 1 is 1.46 bits per heavy atom. The van der Waals surface area contributed by atoms with Gasteiger partial charge in [0.05, 0.1) is 12.9 Å². The van der Waals surface area contributed by atoms with Crippen molar-refractivity contribution in [2.45, 2.75) is 44.6 Å². The van der Waals surface area contributed by atoms with Crippen LogP contribution in [0.1, 0.15) is 38.5 Å². The van der Waals surface area contributed by atoms with Crippen molar-refractivity contribution in [2.24, 2.45) is 11.7 Å². The third kappa shape index (κ3) is 2.25. The van der Waals surface area contributed by atoms with Gasteiger partial charge in [-0.25, -0.2) is 0 Å².